The molecule has 1 saturated heterocycles. The Morgan fingerprint density at radius 1 is 1.56 bits per heavy atom. The van der Waals surface area contributed by atoms with Gasteiger partial charge < -0.3 is 10.6 Å². The molecule has 1 atom stereocenters. The fourth-order valence-corrected chi connectivity index (χ4v) is 1.75. The minimum atomic E-state index is -0.0102. The number of aromatic nitrogens is 2. The molecule has 1 aromatic rings. The molecular formula is C11H16N4O. The number of rotatable bonds is 4. The number of ketones is 1. The first-order valence-corrected chi connectivity index (χ1v) is 5.56. The quantitative estimate of drug-likeness (QED) is 0.736. The number of hydrogen-bond acceptors (Lipinski definition) is 5. The van der Waals surface area contributed by atoms with Crippen LogP contribution in [-0.2, 0) is 0 Å². The van der Waals surface area contributed by atoms with Crippen LogP contribution in [0, 0.1) is 0 Å². The molecule has 2 N–H and O–H groups in total. The minimum absolute atomic E-state index is 0.0102. The van der Waals surface area contributed by atoms with Gasteiger partial charge >= 0.3 is 0 Å². The first-order valence-electron chi connectivity index (χ1n) is 5.56. The molecule has 0 spiro atoms. The van der Waals surface area contributed by atoms with Crippen molar-refractivity contribution in [2.45, 2.75) is 25.8 Å². The highest BCUT2D eigenvalue weighted by atomic mass is 16.1. The van der Waals surface area contributed by atoms with Gasteiger partial charge in [-0.1, -0.05) is 0 Å². The van der Waals surface area contributed by atoms with Crippen molar-refractivity contribution in [3.63, 3.8) is 0 Å². The third kappa shape index (κ3) is 2.76. The average molecular weight is 220 g/mol. The highest BCUT2D eigenvalue weighted by Crippen LogP contribution is 2.06. The predicted molar refractivity (Wildman–Crippen MR) is 61.6 cm³/mol. The topological polar surface area (TPSA) is 66.9 Å². The summed E-state index contributed by atoms with van der Waals surface area (Å²) in [6.45, 7) is 3.43. The summed E-state index contributed by atoms with van der Waals surface area (Å²) in [5.74, 6) is 0.572. The summed E-state index contributed by atoms with van der Waals surface area (Å²) in [6.07, 6.45) is 5.54. The highest BCUT2D eigenvalue weighted by Gasteiger charge is 2.13. The molecular weight excluding hydrogens is 204 g/mol. The molecule has 0 aromatic carbocycles. The predicted octanol–water partition coefficient (Wildman–Crippen LogP) is 0.843. The van der Waals surface area contributed by atoms with E-state index < -0.39 is 0 Å². The van der Waals surface area contributed by atoms with Crippen molar-refractivity contribution in [1.82, 2.24) is 15.3 Å². The Labute approximate surface area is 94.7 Å². The molecule has 5 heteroatoms. The molecule has 0 radical (unpaired) electrons. The van der Waals surface area contributed by atoms with Crippen LogP contribution < -0.4 is 10.6 Å². The van der Waals surface area contributed by atoms with E-state index >= 15 is 0 Å². The normalized spacial score (nSPS) is 19.7. The van der Waals surface area contributed by atoms with Crippen LogP contribution in [0.1, 0.15) is 30.1 Å². The summed E-state index contributed by atoms with van der Waals surface area (Å²) in [7, 11) is 0. The Hall–Kier alpha value is -1.49. The number of hydrogen-bond donors (Lipinski definition) is 2. The van der Waals surface area contributed by atoms with Gasteiger partial charge in [0.1, 0.15) is 0 Å². The van der Waals surface area contributed by atoms with Gasteiger partial charge in [-0.2, -0.15) is 0 Å². The number of carbonyl (C=O) groups excluding carboxylic acids is 1. The summed E-state index contributed by atoms with van der Waals surface area (Å²) in [6, 6.07) is 0.510. The summed E-state index contributed by atoms with van der Waals surface area (Å²) >= 11 is 0. The third-order valence-electron chi connectivity index (χ3n) is 2.73. The van der Waals surface area contributed by atoms with Crippen LogP contribution in [0.15, 0.2) is 12.4 Å². The number of nitrogens with one attached hydrogen (secondary N) is 2. The molecule has 16 heavy (non-hydrogen) atoms. The van der Waals surface area contributed by atoms with Crippen LogP contribution in [-0.4, -0.2) is 34.9 Å². The Morgan fingerprint density at radius 2 is 2.31 bits per heavy atom. The van der Waals surface area contributed by atoms with Gasteiger partial charge in [-0.05, 0) is 26.3 Å². The Balaban J connectivity index is 1.87. The number of Topliss-reactive ketones (excluding diaryl/α,β-unsaturated/α-hetero) is 1. The van der Waals surface area contributed by atoms with Gasteiger partial charge in [-0.15, -0.1) is 0 Å². The van der Waals surface area contributed by atoms with Crippen molar-refractivity contribution >= 4 is 11.7 Å². The van der Waals surface area contributed by atoms with Gasteiger partial charge in [0.15, 0.2) is 5.78 Å². The molecule has 1 fully saturated rings. The van der Waals surface area contributed by atoms with Gasteiger partial charge in [-0.3, -0.25) is 4.79 Å². The summed E-state index contributed by atoms with van der Waals surface area (Å²) < 4.78 is 0. The molecule has 86 valence electrons. The second-order valence-electron chi connectivity index (χ2n) is 4.03. The molecule has 2 heterocycles. The van der Waals surface area contributed by atoms with E-state index in [0.29, 0.717) is 17.6 Å². The maximum atomic E-state index is 11.0. The van der Waals surface area contributed by atoms with Crippen LogP contribution in [0.3, 0.4) is 0 Å². The second kappa shape index (κ2) is 5.03. The maximum absolute atomic E-state index is 11.0. The molecule has 0 bridgehead atoms. The SMILES string of the molecule is CC(=O)c1cnc(NC[C@@H]2CCCN2)nc1. The molecule has 0 amide bonds. The highest BCUT2D eigenvalue weighted by molar-refractivity contribution is 5.93. The van der Waals surface area contributed by atoms with Crippen LogP contribution in [0.2, 0.25) is 0 Å². The van der Waals surface area contributed by atoms with Crippen LogP contribution in [0.4, 0.5) is 5.95 Å². The molecule has 2 rings (SSSR count). The lowest BCUT2D eigenvalue weighted by Crippen LogP contribution is -2.29. The van der Waals surface area contributed by atoms with Crippen molar-refractivity contribution in [3.05, 3.63) is 18.0 Å². The lowest BCUT2D eigenvalue weighted by atomic mass is 10.2. The van der Waals surface area contributed by atoms with Gasteiger partial charge in [0.25, 0.3) is 0 Å². The molecule has 1 aromatic heterocycles. The van der Waals surface area contributed by atoms with E-state index in [1.165, 1.54) is 19.8 Å². The Morgan fingerprint density at radius 3 is 2.88 bits per heavy atom. The average Bonchev–Trinajstić information content (AvgIpc) is 2.80. The van der Waals surface area contributed by atoms with E-state index in [1.54, 1.807) is 12.4 Å². The zero-order valence-electron chi connectivity index (χ0n) is 9.36. The summed E-state index contributed by atoms with van der Waals surface area (Å²) in [5.41, 5.74) is 0.546. The lowest BCUT2D eigenvalue weighted by molar-refractivity contribution is 0.101. The maximum Gasteiger partial charge on any atom is 0.222 e. The van der Waals surface area contributed by atoms with E-state index in [-0.39, 0.29) is 5.78 Å². The van der Waals surface area contributed by atoms with E-state index in [2.05, 4.69) is 20.6 Å². The monoisotopic (exact) mass is 220 g/mol. The molecule has 5 nitrogen and oxygen atoms in total. The van der Waals surface area contributed by atoms with Crippen LogP contribution >= 0.6 is 0 Å². The van der Waals surface area contributed by atoms with E-state index in [0.717, 1.165) is 13.1 Å². The number of nitrogens with zero attached hydrogens (tertiary/aromatic N) is 2. The van der Waals surface area contributed by atoms with Gasteiger partial charge in [0.2, 0.25) is 5.95 Å². The molecule has 1 aliphatic heterocycles. The molecule has 0 saturated carbocycles. The molecule has 0 unspecified atom stereocenters. The van der Waals surface area contributed by atoms with Gasteiger partial charge in [0.05, 0.1) is 5.56 Å². The van der Waals surface area contributed by atoms with E-state index in [1.807, 2.05) is 0 Å². The lowest BCUT2D eigenvalue weighted by Gasteiger charge is -2.10. The van der Waals surface area contributed by atoms with Crippen LogP contribution in [0.25, 0.3) is 0 Å². The standard InChI is InChI=1S/C11H16N4O/c1-8(16)9-5-13-11(14-6-9)15-7-10-3-2-4-12-10/h5-6,10,12H,2-4,7H2,1H3,(H,13,14,15)/t10-/m0/s1. The van der Waals surface area contributed by atoms with Gasteiger partial charge in [-0.25, -0.2) is 9.97 Å². The molecule has 0 aliphatic carbocycles. The summed E-state index contributed by atoms with van der Waals surface area (Å²) in [5, 5.41) is 6.54. The number of carbonyl (C=O) groups is 1. The van der Waals surface area contributed by atoms with E-state index in [9.17, 15) is 4.79 Å². The zero-order valence-corrected chi connectivity index (χ0v) is 9.36. The number of anilines is 1. The fraction of sp³-hybridized carbons (Fsp3) is 0.545. The third-order valence-corrected chi connectivity index (χ3v) is 2.73. The zero-order chi connectivity index (χ0) is 11.4. The van der Waals surface area contributed by atoms with Crippen LogP contribution in [0.5, 0.6) is 0 Å². The Kier molecular flexibility index (Phi) is 3.46. The molecule has 1 aliphatic rings. The van der Waals surface area contributed by atoms with Crippen molar-refractivity contribution in [1.29, 1.82) is 0 Å². The minimum Gasteiger partial charge on any atom is -0.353 e. The summed E-state index contributed by atoms with van der Waals surface area (Å²) in [4.78, 5) is 19.2. The van der Waals surface area contributed by atoms with Crippen molar-refractivity contribution in [2.75, 3.05) is 18.4 Å². The van der Waals surface area contributed by atoms with Crippen molar-refractivity contribution in [2.24, 2.45) is 0 Å². The van der Waals surface area contributed by atoms with E-state index in [4.69, 9.17) is 0 Å². The first kappa shape index (κ1) is 11.0. The largest absolute Gasteiger partial charge is 0.353 e. The fourth-order valence-electron chi connectivity index (χ4n) is 1.75. The van der Waals surface area contributed by atoms with Crippen molar-refractivity contribution < 1.29 is 4.79 Å². The Bertz CT molecular complexity index is 357. The first-order chi connectivity index (χ1) is 7.75. The smallest absolute Gasteiger partial charge is 0.222 e. The van der Waals surface area contributed by atoms with Crippen molar-refractivity contribution in [3.8, 4) is 0 Å². The van der Waals surface area contributed by atoms with Gasteiger partial charge in [0, 0.05) is 25.0 Å². The second-order valence-corrected chi connectivity index (χ2v) is 4.03.